The van der Waals surface area contributed by atoms with Crippen LogP contribution >= 0.6 is 0 Å². The number of hydrogen-bond acceptors (Lipinski definition) is 3. The van der Waals surface area contributed by atoms with Crippen molar-refractivity contribution < 1.29 is 18.7 Å². The van der Waals surface area contributed by atoms with Crippen molar-refractivity contribution in [2.24, 2.45) is 11.7 Å². The van der Waals surface area contributed by atoms with Crippen LogP contribution in [0.25, 0.3) is 0 Å². The summed E-state index contributed by atoms with van der Waals surface area (Å²) in [4.78, 5) is 26.4. The van der Waals surface area contributed by atoms with E-state index >= 15 is 0 Å². The van der Waals surface area contributed by atoms with Gasteiger partial charge in [-0.1, -0.05) is 38.1 Å². The molecule has 2 aromatic carbocycles. The lowest BCUT2D eigenvalue weighted by atomic mass is 10.0. The number of halogens is 1. The molecule has 2 aromatic rings. The van der Waals surface area contributed by atoms with Gasteiger partial charge in [0.1, 0.15) is 6.04 Å². The number of nitrogens with zero attached hydrogens (tertiary/aromatic N) is 1. The van der Waals surface area contributed by atoms with Crippen LogP contribution in [0.5, 0.6) is 5.75 Å². The second kappa shape index (κ2) is 9.73. The molecular weight excluding hydrogens is 361 g/mol. The SMILES string of the molecule is COc1ccc(CN(C(=O)Nc2ccccc2)[C@H](CC(C)C)C(N)=O)cc1F. The van der Waals surface area contributed by atoms with Gasteiger partial charge >= 0.3 is 6.03 Å². The molecule has 0 aromatic heterocycles. The molecule has 0 unspecified atom stereocenters. The second-order valence-corrected chi connectivity index (χ2v) is 6.94. The highest BCUT2D eigenvalue weighted by Crippen LogP contribution is 2.22. The summed E-state index contributed by atoms with van der Waals surface area (Å²) in [6, 6.07) is 12.0. The lowest BCUT2D eigenvalue weighted by Gasteiger charge is -2.31. The number of amides is 3. The first-order valence-corrected chi connectivity index (χ1v) is 9.06. The minimum Gasteiger partial charge on any atom is -0.494 e. The van der Waals surface area contributed by atoms with Crippen molar-refractivity contribution in [1.29, 1.82) is 0 Å². The summed E-state index contributed by atoms with van der Waals surface area (Å²) in [5, 5.41) is 2.77. The molecule has 0 aliphatic carbocycles. The fraction of sp³-hybridized carbons (Fsp3) is 0.333. The molecule has 0 aliphatic rings. The normalized spacial score (nSPS) is 11.8. The molecular formula is C21H26FN3O3. The average Bonchev–Trinajstić information content (AvgIpc) is 2.65. The number of rotatable bonds is 8. The maximum atomic E-state index is 14.1. The van der Waals surface area contributed by atoms with E-state index in [0.717, 1.165) is 0 Å². The van der Waals surface area contributed by atoms with Crippen molar-refractivity contribution in [2.75, 3.05) is 12.4 Å². The Kier molecular flexibility index (Phi) is 7.37. The molecule has 2 rings (SSSR count). The Morgan fingerprint density at radius 1 is 1.18 bits per heavy atom. The van der Waals surface area contributed by atoms with Gasteiger partial charge in [0.25, 0.3) is 0 Å². The monoisotopic (exact) mass is 387 g/mol. The maximum Gasteiger partial charge on any atom is 0.322 e. The van der Waals surface area contributed by atoms with Crippen molar-refractivity contribution in [3.8, 4) is 5.75 Å². The number of anilines is 1. The molecule has 0 saturated heterocycles. The van der Waals surface area contributed by atoms with Crippen molar-refractivity contribution in [3.63, 3.8) is 0 Å². The molecule has 1 atom stereocenters. The number of urea groups is 1. The standard InChI is InChI=1S/C21H26FN3O3/c1-14(2)11-18(20(23)26)25(21(27)24-16-7-5-4-6-8-16)13-15-9-10-19(28-3)17(22)12-15/h4-10,12,14,18H,11,13H2,1-3H3,(H2,23,26)(H,24,27)/t18-/m1/s1. The number of ether oxygens (including phenoxy) is 1. The summed E-state index contributed by atoms with van der Waals surface area (Å²) < 4.78 is 19.0. The third-order valence-electron chi connectivity index (χ3n) is 4.25. The van der Waals surface area contributed by atoms with Gasteiger partial charge in [-0.2, -0.15) is 0 Å². The van der Waals surface area contributed by atoms with E-state index in [1.165, 1.54) is 24.1 Å². The van der Waals surface area contributed by atoms with Crippen LogP contribution in [0.4, 0.5) is 14.9 Å². The molecule has 0 bridgehead atoms. The number of hydrogen-bond donors (Lipinski definition) is 2. The third-order valence-corrected chi connectivity index (χ3v) is 4.25. The zero-order valence-corrected chi connectivity index (χ0v) is 16.3. The van der Waals surface area contributed by atoms with Gasteiger partial charge in [0.15, 0.2) is 11.6 Å². The first-order valence-electron chi connectivity index (χ1n) is 9.06. The smallest absolute Gasteiger partial charge is 0.322 e. The Bertz CT molecular complexity index is 812. The van der Waals surface area contributed by atoms with Crippen LogP contribution in [0.15, 0.2) is 48.5 Å². The molecule has 0 radical (unpaired) electrons. The van der Waals surface area contributed by atoms with Gasteiger partial charge in [-0.3, -0.25) is 4.79 Å². The molecule has 3 N–H and O–H groups in total. The average molecular weight is 387 g/mol. The summed E-state index contributed by atoms with van der Waals surface area (Å²) in [5.74, 6) is -0.899. The Hall–Kier alpha value is -3.09. The Balaban J connectivity index is 2.32. The van der Waals surface area contributed by atoms with E-state index in [2.05, 4.69) is 5.32 Å². The lowest BCUT2D eigenvalue weighted by Crippen LogP contribution is -2.49. The number of carbonyl (C=O) groups excluding carboxylic acids is 2. The number of benzene rings is 2. The van der Waals surface area contributed by atoms with Gasteiger partial charge in [0.2, 0.25) is 5.91 Å². The number of methoxy groups -OCH3 is 1. The Morgan fingerprint density at radius 2 is 1.86 bits per heavy atom. The summed E-state index contributed by atoms with van der Waals surface area (Å²) in [6.45, 7) is 3.91. The first-order chi connectivity index (χ1) is 13.3. The highest BCUT2D eigenvalue weighted by Gasteiger charge is 2.29. The predicted octanol–water partition coefficient (Wildman–Crippen LogP) is 3.77. The fourth-order valence-electron chi connectivity index (χ4n) is 2.89. The second-order valence-electron chi connectivity index (χ2n) is 6.94. The molecule has 150 valence electrons. The van der Waals surface area contributed by atoms with E-state index in [-0.39, 0.29) is 18.2 Å². The van der Waals surface area contributed by atoms with Crippen LogP contribution in [0, 0.1) is 11.7 Å². The number of carbonyl (C=O) groups is 2. The number of nitrogens with two attached hydrogens (primary N) is 1. The van der Waals surface area contributed by atoms with Gasteiger partial charge < -0.3 is 20.7 Å². The molecule has 0 heterocycles. The molecule has 28 heavy (non-hydrogen) atoms. The number of nitrogens with one attached hydrogen (secondary N) is 1. The van der Waals surface area contributed by atoms with Crippen LogP contribution < -0.4 is 15.8 Å². The van der Waals surface area contributed by atoms with Crippen LogP contribution in [0.1, 0.15) is 25.8 Å². The largest absolute Gasteiger partial charge is 0.494 e. The molecule has 7 heteroatoms. The van der Waals surface area contributed by atoms with Gasteiger partial charge in [-0.25, -0.2) is 9.18 Å². The van der Waals surface area contributed by atoms with Crippen LogP contribution in [0.2, 0.25) is 0 Å². The molecule has 6 nitrogen and oxygen atoms in total. The van der Waals surface area contributed by atoms with Gasteiger partial charge in [-0.15, -0.1) is 0 Å². The van der Waals surface area contributed by atoms with Crippen LogP contribution in [-0.4, -0.2) is 30.0 Å². The van der Waals surface area contributed by atoms with Gasteiger partial charge in [0.05, 0.1) is 7.11 Å². The highest BCUT2D eigenvalue weighted by atomic mass is 19.1. The summed E-state index contributed by atoms with van der Waals surface area (Å²) >= 11 is 0. The molecule has 0 aliphatic heterocycles. The molecule has 0 spiro atoms. The Labute approximate surface area is 164 Å². The number of primary amides is 1. The Morgan fingerprint density at radius 3 is 2.39 bits per heavy atom. The molecule has 0 saturated carbocycles. The third kappa shape index (κ3) is 5.70. The fourth-order valence-corrected chi connectivity index (χ4v) is 2.89. The quantitative estimate of drug-likeness (QED) is 0.723. The van der Waals surface area contributed by atoms with E-state index in [9.17, 15) is 14.0 Å². The minimum absolute atomic E-state index is 0.0277. The minimum atomic E-state index is -0.825. The zero-order chi connectivity index (χ0) is 20.7. The van der Waals surface area contributed by atoms with Crippen molar-refractivity contribution >= 4 is 17.6 Å². The molecule has 3 amide bonds. The first kappa shape index (κ1) is 21.2. The van der Waals surface area contributed by atoms with Crippen LogP contribution in [-0.2, 0) is 11.3 Å². The van der Waals surface area contributed by atoms with Gasteiger partial charge in [0, 0.05) is 12.2 Å². The lowest BCUT2D eigenvalue weighted by molar-refractivity contribution is -0.122. The van der Waals surface area contributed by atoms with Crippen molar-refractivity contribution in [2.45, 2.75) is 32.9 Å². The summed E-state index contributed by atoms with van der Waals surface area (Å²) in [7, 11) is 1.38. The highest BCUT2D eigenvalue weighted by molar-refractivity contribution is 5.93. The topological polar surface area (TPSA) is 84.7 Å². The predicted molar refractivity (Wildman–Crippen MR) is 106 cm³/mol. The maximum absolute atomic E-state index is 14.1. The van der Waals surface area contributed by atoms with Crippen molar-refractivity contribution in [3.05, 3.63) is 59.9 Å². The van der Waals surface area contributed by atoms with E-state index in [4.69, 9.17) is 10.5 Å². The number of para-hydroxylation sites is 1. The zero-order valence-electron chi connectivity index (χ0n) is 16.3. The summed E-state index contributed by atoms with van der Waals surface area (Å²) in [5.41, 5.74) is 6.71. The van der Waals surface area contributed by atoms with E-state index < -0.39 is 23.8 Å². The van der Waals surface area contributed by atoms with Gasteiger partial charge in [-0.05, 0) is 42.2 Å². The van der Waals surface area contributed by atoms with Crippen molar-refractivity contribution in [1.82, 2.24) is 4.90 Å². The van der Waals surface area contributed by atoms with E-state index in [0.29, 0.717) is 17.7 Å². The van der Waals surface area contributed by atoms with E-state index in [1.54, 1.807) is 30.3 Å². The van der Waals surface area contributed by atoms with Crippen LogP contribution in [0.3, 0.4) is 0 Å². The van der Waals surface area contributed by atoms with E-state index in [1.807, 2.05) is 19.9 Å². The summed E-state index contributed by atoms with van der Waals surface area (Å²) in [6.07, 6.45) is 0.399. The molecule has 0 fully saturated rings.